The van der Waals surface area contributed by atoms with Crippen molar-refractivity contribution < 1.29 is 9.53 Å². The molecule has 1 aromatic heterocycles. The van der Waals surface area contributed by atoms with E-state index < -0.39 is 0 Å². The van der Waals surface area contributed by atoms with Crippen LogP contribution in [0.3, 0.4) is 0 Å². The molecule has 1 aliphatic rings. The van der Waals surface area contributed by atoms with Crippen molar-refractivity contribution >= 4 is 17.6 Å². The topological polar surface area (TPSA) is 42.4 Å². The van der Waals surface area contributed by atoms with Crippen LogP contribution in [0.1, 0.15) is 25.3 Å². The van der Waals surface area contributed by atoms with Crippen LogP contribution in [0.25, 0.3) is 0 Å². The summed E-state index contributed by atoms with van der Waals surface area (Å²) < 4.78 is 4.99. The van der Waals surface area contributed by atoms with Crippen molar-refractivity contribution in [2.45, 2.75) is 32.4 Å². The Morgan fingerprint density at radius 1 is 1.56 bits per heavy atom. The Morgan fingerprint density at radius 2 is 2.33 bits per heavy atom. The van der Waals surface area contributed by atoms with E-state index in [9.17, 15) is 4.79 Å². The predicted molar refractivity (Wildman–Crippen MR) is 69.3 cm³/mol. The molecule has 0 aromatic carbocycles. The van der Waals surface area contributed by atoms with Gasteiger partial charge < -0.3 is 4.74 Å². The van der Waals surface area contributed by atoms with Gasteiger partial charge in [0.15, 0.2) is 0 Å². The van der Waals surface area contributed by atoms with Crippen molar-refractivity contribution in [3.05, 3.63) is 29.0 Å². The Morgan fingerprint density at radius 3 is 2.89 bits per heavy atom. The van der Waals surface area contributed by atoms with E-state index in [1.54, 1.807) is 12.3 Å². The van der Waals surface area contributed by atoms with Gasteiger partial charge in [0.05, 0.1) is 13.2 Å². The monoisotopic (exact) mass is 268 g/mol. The molecule has 1 aromatic rings. The number of halogens is 1. The molecule has 0 amide bonds. The van der Waals surface area contributed by atoms with Crippen molar-refractivity contribution in [2.24, 2.45) is 0 Å². The summed E-state index contributed by atoms with van der Waals surface area (Å²) in [4.78, 5) is 17.7. The zero-order chi connectivity index (χ0) is 13.0. The fraction of sp³-hybridized carbons (Fsp3) is 0.538. The van der Waals surface area contributed by atoms with Gasteiger partial charge in [-0.3, -0.25) is 9.69 Å². The number of rotatable bonds is 6. The molecule has 0 N–H and O–H groups in total. The van der Waals surface area contributed by atoms with Crippen LogP contribution in [0, 0.1) is 0 Å². The van der Waals surface area contributed by atoms with E-state index in [0.717, 1.165) is 18.4 Å². The Bertz CT molecular complexity index is 404. The number of pyridine rings is 1. The third-order valence-electron chi connectivity index (χ3n) is 2.88. The van der Waals surface area contributed by atoms with E-state index in [2.05, 4.69) is 9.88 Å². The van der Waals surface area contributed by atoms with Crippen LogP contribution in [0.4, 0.5) is 0 Å². The van der Waals surface area contributed by atoms with Gasteiger partial charge in [0.1, 0.15) is 5.15 Å². The highest BCUT2D eigenvalue weighted by Crippen LogP contribution is 2.28. The van der Waals surface area contributed by atoms with E-state index in [1.807, 2.05) is 13.0 Å². The molecule has 1 heterocycles. The summed E-state index contributed by atoms with van der Waals surface area (Å²) in [7, 11) is 0. The fourth-order valence-corrected chi connectivity index (χ4v) is 1.97. The number of carbonyl (C=O) groups is 1. The Balaban J connectivity index is 1.93. The van der Waals surface area contributed by atoms with Gasteiger partial charge in [-0.25, -0.2) is 4.98 Å². The lowest BCUT2D eigenvalue weighted by Gasteiger charge is -2.20. The lowest BCUT2D eigenvalue weighted by molar-refractivity contribution is -0.144. The van der Waals surface area contributed by atoms with Gasteiger partial charge in [0, 0.05) is 18.8 Å². The first-order valence-electron chi connectivity index (χ1n) is 6.19. The van der Waals surface area contributed by atoms with Gasteiger partial charge in [-0.1, -0.05) is 17.7 Å². The Hall–Kier alpha value is -1.13. The van der Waals surface area contributed by atoms with Crippen molar-refractivity contribution in [1.82, 2.24) is 9.88 Å². The molecule has 1 saturated carbocycles. The molecule has 0 spiro atoms. The summed E-state index contributed by atoms with van der Waals surface area (Å²) in [6.07, 6.45) is 4.06. The minimum absolute atomic E-state index is 0.161. The third-order valence-corrected chi connectivity index (χ3v) is 3.10. The Labute approximate surface area is 112 Å². The predicted octanol–water partition coefficient (Wildman–Crippen LogP) is 2.26. The molecule has 0 aliphatic heterocycles. The molecule has 1 aliphatic carbocycles. The molecule has 0 saturated heterocycles. The second-order valence-electron chi connectivity index (χ2n) is 4.43. The van der Waals surface area contributed by atoms with Crippen LogP contribution >= 0.6 is 11.6 Å². The average Bonchev–Trinajstić information content (AvgIpc) is 3.15. The first kappa shape index (κ1) is 13.3. The molecular formula is C13H17ClN2O2. The van der Waals surface area contributed by atoms with Crippen LogP contribution in [0.15, 0.2) is 18.3 Å². The highest BCUT2D eigenvalue weighted by molar-refractivity contribution is 6.29. The van der Waals surface area contributed by atoms with Gasteiger partial charge >= 0.3 is 5.97 Å². The molecule has 4 nitrogen and oxygen atoms in total. The third kappa shape index (κ3) is 3.96. The van der Waals surface area contributed by atoms with Gasteiger partial charge in [-0.15, -0.1) is 0 Å². The summed E-state index contributed by atoms with van der Waals surface area (Å²) in [5, 5.41) is 0.488. The summed E-state index contributed by atoms with van der Waals surface area (Å²) >= 11 is 5.75. The highest BCUT2D eigenvalue weighted by Gasteiger charge is 2.30. The maximum Gasteiger partial charge on any atom is 0.320 e. The fourth-order valence-electron chi connectivity index (χ4n) is 1.86. The van der Waals surface area contributed by atoms with E-state index >= 15 is 0 Å². The minimum Gasteiger partial charge on any atom is -0.465 e. The highest BCUT2D eigenvalue weighted by atomic mass is 35.5. The van der Waals surface area contributed by atoms with Crippen molar-refractivity contribution in [2.75, 3.05) is 13.2 Å². The summed E-state index contributed by atoms with van der Waals surface area (Å²) in [5.74, 6) is -0.161. The number of nitrogens with zero attached hydrogens (tertiary/aromatic N) is 2. The van der Waals surface area contributed by atoms with Crippen molar-refractivity contribution in [1.29, 1.82) is 0 Å². The van der Waals surface area contributed by atoms with E-state index in [0.29, 0.717) is 30.9 Å². The van der Waals surface area contributed by atoms with E-state index in [-0.39, 0.29) is 5.97 Å². The first-order valence-corrected chi connectivity index (χ1v) is 6.57. The molecule has 18 heavy (non-hydrogen) atoms. The summed E-state index contributed by atoms with van der Waals surface area (Å²) in [6.45, 7) is 3.32. The molecule has 98 valence electrons. The first-order chi connectivity index (χ1) is 8.69. The number of carbonyl (C=O) groups excluding carboxylic acids is 1. The van der Waals surface area contributed by atoms with Crippen LogP contribution < -0.4 is 0 Å². The van der Waals surface area contributed by atoms with Crippen LogP contribution in [-0.2, 0) is 16.1 Å². The number of hydrogen-bond donors (Lipinski definition) is 0. The largest absolute Gasteiger partial charge is 0.465 e. The molecule has 2 rings (SSSR count). The number of aromatic nitrogens is 1. The zero-order valence-corrected chi connectivity index (χ0v) is 11.2. The molecular weight excluding hydrogens is 252 g/mol. The maximum absolute atomic E-state index is 11.5. The molecule has 0 bridgehead atoms. The van der Waals surface area contributed by atoms with Crippen LogP contribution in [-0.4, -0.2) is 35.0 Å². The lowest BCUT2D eigenvalue weighted by Crippen LogP contribution is -2.32. The lowest BCUT2D eigenvalue weighted by atomic mass is 10.2. The maximum atomic E-state index is 11.5. The quantitative estimate of drug-likeness (QED) is 0.586. The van der Waals surface area contributed by atoms with Gasteiger partial charge in [0.2, 0.25) is 0 Å². The van der Waals surface area contributed by atoms with Crippen LogP contribution in [0.5, 0.6) is 0 Å². The van der Waals surface area contributed by atoms with Gasteiger partial charge in [-0.2, -0.15) is 0 Å². The van der Waals surface area contributed by atoms with E-state index in [1.165, 1.54) is 0 Å². The molecule has 0 radical (unpaired) electrons. The number of esters is 1. The molecule has 1 fully saturated rings. The molecule has 0 unspecified atom stereocenters. The minimum atomic E-state index is -0.161. The standard InChI is InChI=1S/C13H17ClN2O2/c1-2-18-13(17)9-16(11-4-5-11)8-10-3-6-12(14)15-7-10/h3,6-7,11H,2,4-5,8-9H2,1H3. The summed E-state index contributed by atoms with van der Waals surface area (Å²) in [6, 6.07) is 4.22. The van der Waals surface area contributed by atoms with E-state index in [4.69, 9.17) is 16.3 Å². The summed E-state index contributed by atoms with van der Waals surface area (Å²) in [5.41, 5.74) is 1.07. The zero-order valence-electron chi connectivity index (χ0n) is 10.4. The SMILES string of the molecule is CCOC(=O)CN(Cc1ccc(Cl)nc1)C1CC1. The second-order valence-corrected chi connectivity index (χ2v) is 4.82. The van der Waals surface area contributed by atoms with Crippen molar-refractivity contribution in [3.63, 3.8) is 0 Å². The number of hydrogen-bond acceptors (Lipinski definition) is 4. The average molecular weight is 269 g/mol. The Kier molecular flexibility index (Phi) is 4.55. The van der Waals surface area contributed by atoms with Gasteiger partial charge in [0.25, 0.3) is 0 Å². The number of ether oxygens (including phenoxy) is 1. The smallest absolute Gasteiger partial charge is 0.320 e. The van der Waals surface area contributed by atoms with Crippen molar-refractivity contribution in [3.8, 4) is 0 Å². The van der Waals surface area contributed by atoms with Gasteiger partial charge in [-0.05, 0) is 31.4 Å². The molecule has 0 atom stereocenters. The normalized spacial score (nSPS) is 14.8. The van der Waals surface area contributed by atoms with Crippen LogP contribution in [0.2, 0.25) is 5.15 Å². The molecule has 5 heteroatoms. The second kappa shape index (κ2) is 6.16.